The number of aliphatic hydroxyl groups is 2. The summed E-state index contributed by atoms with van der Waals surface area (Å²) < 4.78 is 24.8. The van der Waals surface area contributed by atoms with Crippen LogP contribution >= 0.6 is 22.6 Å². The van der Waals surface area contributed by atoms with Gasteiger partial charge < -0.3 is 55.1 Å². The zero-order valence-corrected chi connectivity index (χ0v) is 43.9. The van der Waals surface area contributed by atoms with E-state index in [2.05, 4.69) is 50.4 Å². The predicted molar refractivity (Wildman–Crippen MR) is 273 cm³/mol. The number of nitrogens with one attached hydrogen (secondary N) is 3. The summed E-state index contributed by atoms with van der Waals surface area (Å²) in [6.45, 7) is 15.9. The second kappa shape index (κ2) is 21.7. The summed E-state index contributed by atoms with van der Waals surface area (Å²) in [5, 5.41) is 44.4. The average Bonchev–Trinajstić information content (AvgIpc) is 3.84. The Morgan fingerprint density at radius 2 is 1.66 bits per heavy atom. The smallest absolute Gasteiger partial charge is 0.315 e. The molecule has 1 unspecified atom stereocenters. The summed E-state index contributed by atoms with van der Waals surface area (Å²) in [6.07, 6.45) is 3.68. The summed E-state index contributed by atoms with van der Waals surface area (Å²) in [4.78, 5) is 77.8. The van der Waals surface area contributed by atoms with E-state index in [1.807, 2.05) is 30.3 Å². The first-order valence-corrected chi connectivity index (χ1v) is 25.4. The van der Waals surface area contributed by atoms with Crippen molar-refractivity contribution >= 4 is 57.7 Å². The second-order valence-electron chi connectivity index (χ2n) is 19.7. The van der Waals surface area contributed by atoms with Crippen LogP contribution in [0.5, 0.6) is 11.5 Å². The molecule has 0 saturated carbocycles. The third-order valence-electron chi connectivity index (χ3n) is 14.5. The molecule has 10 atom stereocenters. The van der Waals surface area contributed by atoms with E-state index in [4.69, 9.17) is 23.9 Å². The molecule has 1 saturated heterocycles. The highest BCUT2D eigenvalue weighted by atomic mass is 127. The third kappa shape index (κ3) is 11.0. The highest BCUT2D eigenvalue weighted by molar-refractivity contribution is 14.1. The number of halogens is 1. The van der Waals surface area contributed by atoms with Crippen molar-refractivity contribution in [2.45, 2.75) is 121 Å². The van der Waals surface area contributed by atoms with Crippen LogP contribution in [0.2, 0.25) is 0 Å². The van der Waals surface area contributed by atoms with Gasteiger partial charge in [0, 0.05) is 97.4 Å². The lowest BCUT2D eigenvalue weighted by molar-refractivity contribution is -0.164. The van der Waals surface area contributed by atoms with Crippen LogP contribution in [0.25, 0.3) is 0 Å². The maximum absolute atomic E-state index is 14.9. The molecule has 18 heteroatoms. The fraction of sp³-hybridized carbons (Fsp3) is 0.509. The Morgan fingerprint density at radius 3 is 2.32 bits per heavy atom. The Hall–Kier alpha value is -5.41. The summed E-state index contributed by atoms with van der Waals surface area (Å²) in [7, 11) is 1.43. The SMILES string of the molecule is CO[C@H]1/C=C/O[C@@]2(C)Oc3c(C)c(O)c4c(c3C2=O)C2=NC3(CCN(CC(C)I)CC3)NC2=C(NC(=O)/C(C)=C\C=C\[C@H](C)[C@H](O)[C@@H](C)[C@@H](O)[C@@H](C)[C@H](OC(=O)CC(=O)NCc2ccccc2)[C@@H]1C)C4=O. The van der Waals surface area contributed by atoms with Gasteiger partial charge in [0.05, 0.1) is 47.1 Å². The molecule has 1 aliphatic carbocycles. The van der Waals surface area contributed by atoms with Gasteiger partial charge in [0.2, 0.25) is 11.7 Å². The normalized spacial score (nSPS) is 31.0. The van der Waals surface area contributed by atoms with Crippen molar-refractivity contribution in [2.75, 3.05) is 26.7 Å². The monoisotopic (exact) mass is 1090 g/mol. The molecule has 2 amide bonds. The van der Waals surface area contributed by atoms with E-state index in [0.29, 0.717) is 29.9 Å². The summed E-state index contributed by atoms with van der Waals surface area (Å²) >= 11 is 2.39. The Balaban J connectivity index is 1.27. The van der Waals surface area contributed by atoms with Crippen molar-refractivity contribution in [2.24, 2.45) is 28.7 Å². The van der Waals surface area contributed by atoms with Gasteiger partial charge >= 0.3 is 11.8 Å². The Bertz CT molecular complexity index is 2580. The minimum absolute atomic E-state index is 0.00263. The van der Waals surface area contributed by atoms with Crippen LogP contribution < -0.4 is 20.7 Å². The molecule has 8 rings (SSSR count). The van der Waals surface area contributed by atoms with Crippen LogP contribution in [-0.4, -0.2) is 122 Å². The largest absolute Gasteiger partial charge is 0.507 e. The van der Waals surface area contributed by atoms with E-state index >= 15 is 0 Å². The number of nitrogens with zero attached hydrogens (tertiary/aromatic N) is 2. The number of likely N-dealkylation sites (tertiary alicyclic amines) is 1. The summed E-state index contributed by atoms with van der Waals surface area (Å²) in [5.41, 5.74) is 0.397. The third-order valence-corrected chi connectivity index (χ3v) is 14.8. The van der Waals surface area contributed by atoms with Gasteiger partial charge in [-0.2, -0.15) is 0 Å². The molecule has 2 aromatic carbocycles. The van der Waals surface area contributed by atoms with Gasteiger partial charge in [0.25, 0.3) is 11.7 Å². The van der Waals surface area contributed by atoms with E-state index in [0.717, 1.165) is 12.1 Å². The first-order valence-electron chi connectivity index (χ1n) is 24.2. The number of alkyl halides is 1. The number of phenols is 1. The molecule has 1 fully saturated rings. The molecule has 5 bridgehead atoms. The lowest BCUT2D eigenvalue weighted by atomic mass is 9.78. The number of rotatable bonds is 8. The number of phenolic OH excluding ortho intramolecular Hbond substituents is 1. The number of allylic oxidation sites excluding steroid dienone is 4. The number of carbonyl (C=O) groups is 5. The summed E-state index contributed by atoms with van der Waals surface area (Å²) in [5.74, 6) is -8.81. The number of aliphatic hydroxyl groups excluding tert-OH is 2. The molecule has 6 N–H and O–H groups in total. The molecule has 2 aromatic rings. The number of ketones is 2. The minimum atomic E-state index is -2.03. The van der Waals surface area contributed by atoms with Crippen LogP contribution in [0.1, 0.15) is 105 Å². The number of Topliss-reactive ketones (excluding diaryl/α,β-unsaturated/α-hetero) is 2. The van der Waals surface area contributed by atoms with Crippen LogP contribution in [0.3, 0.4) is 0 Å². The highest BCUT2D eigenvalue weighted by Crippen LogP contribution is 2.50. The lowest BCUT2D eigenvalue weighted by Crippen LogP contribution is -2.51. The topological polar surface area (TPSA) is 235 Å². The van der Waals surface area contributed by atoms with Crippen molar-refractivity contribution in [3.63, 3.8) is 0 Å². The number of hydrogen-bond acceptors (Lipinski definition) is 15. The lowest BCUT2D eigenvalue weighted by Gasteiger charge is -2.38. The molecule has 6 aliphatic rings. The van der Waals surface area contributed by atoms with Crippen molar-refractivity contribution in [1.29, 1.82) is 0 Å². The molecule has 1 spiro atoms. The number of benzene rings is 2. The molecular formula is C53H66IN5O12. The van der Waals surface area contributed by atoms with Crippen molar-refractivity contribution < 1.29 is 58.2 Å². The molecule has 382 valence electrons. The average molecular weight is 1090 g/mol. The van der Waals surface area contributed by atoms with E-state index in [1.165, 1.54) is 39.4 Å². The van der Waals surface area contributed by atoms with Crippen LogP contribution in [0.15, 0.2) is 82.9 Å². The Labute approximate surface area is 428 Å². The maximum Gasteiger partial charge on any atom is 0.315 e. The molecule has 5 aliphatic heterocycles. The first-order chi connectivity index (χ1) is 33.6. The van der Waals surface area contributed by atoms with E-state index in [1.54, 1.807) is 46.8 Å². The number of aromatic hydroxyl groups is 1. The van der Waals surface area contributed by atoms with Crippen molar-refractivity contribution in [1.82, 2.24) is 20.9 Å². The van der Waals surface area contributed by atoms with Crippen LogP contribution in [-0.2, 0) is 35.1 Å². The van der Waals surface area contributed by atoms with Crippen molar-refractivity contribution in [3.05, 3.63) is 106 Å². The zero-order chi connectivity index (χ0) is 51.7. The fourth-order valence-electron chi connectivity index (χ4n) is 10.1. The first kappa shape index (κ1) is 53.4. The van der Waals surface area contributed by atoms with E-state index in [-0.39, 0.29) is 57.2 Å². The maximum atomic E-state index is 14.9. The molecule has 17 nitrogen and oxygen atoms in total. The number of esters is 1. The molecule has 0 radical (unpaired) electrons. The number of fused-ring (bicyclic) bond motifs is 13. The molecule has 71 heavy (non-hydrogen) atoms. The minimum Gasteiger partial charge on any atom is -0.507 e. The number of aliphatic imine (C=N–C) groups is 1. The number of piperidine rings is 1. The standard InChI is InChI=1S/C53H66IN5O12/c1-27-14-13-15-28(2)51(67)56-43-42-41(57-53(58-42)19-21-59(22-20-53)26-29(3)54)38-39(47(43)65)46(64)33(7)49-40(38)50(66)52(8,71-49)69-23-18-35(68-9)30(4)48(32(6)45(63)31(5)44(27)62)70-37(61)24-36(60)55-25-34-16-11-10-12-17-34/h10-18,23,27,29-32,35,44-45,48,58,62-64H,19-22,24-26H2,1-9H3,(H,55,60)(H,56,67)/b14-13+,23-18+,28-15-/t27-,29?,30+,31+,32+,35-,44-,45+,48+,52-/m0/s1. The van der Waals surface area contributed by atoms with Gasteiger partial charge in [0.15, 0.2) is 0 Å². The van der Waals surface area contributed by atoms with E-state index < -0.39 is 101 Å². The predicted octanol–water partition coefficient (Wildman–Crippen LogP) is 5.47. The summed E-state index contributed by atoms with van der Waals surface area (Å²) in [6, 6.07) is 9.21. The quantitative estimate of drug-likeness (QED) is 0.0834. The fourth-order valence-corrected chi connectivity index (χ4v) is 10.7. The number of methoxy groups -OCH3 is 1. The molecule has 0 aromatic heterocycles. The van der Waals surface area contributed by atoms with Gasteiger partial charge in [-0.3, -0.25) is 29.0 Å². The number of carbonyl (C=O) groups excluding carboxylic acids is 5. The van der Waals surface area contributed by atoms with Gasteiger partial charge in [-0.1, -0.05) is 106 Å². The van der Waals surface area contributed by atoms with Crippen molar-refractivity contribution in [3.8, 4) is 11.5 Å². The number of amides is 2. The highest BCUT2D eigenvalue weighted by Gasteiger charge is 2.54. The molecular weight excluding hydrogens is 1030 g/mol. The van der Waals surface area contributed by atoms with Crippen LogP contribution in [0, 0.1) is 30.6 Å². The van der Waals surface area contributed by atoms with Gasteiger partial charge in [-0.25, -0.2) is 0 Å². The van der Waals surface area contributed by atoms with Crippen LogP contribution in [0.4, 0.5) is 0 Å². The Morgan fingerprint density at radius 1 is 0.972 bits per heavy atom. The molecule has 5 heterocycles. The number of hydrogen-bond donors (Lipinski definition) is 6. The van der Waals surface area contributed by atoms with E-state index in [9.17, 15) is 39.3 Å². The van der Waals surface area contributed by atoms with Gasteiger partial charge in [-0.15, -0.1) is 0 Å². The van der Waals surface area contributed by atoms with Gasteiger partial charge in [0.1, 0.15) is 35.4 Å². The number of ether oxygens (including phenoxy) is 4. The second-order valence-corrected chi connectivity index (χ2v) is 21.9. The zero-order valence-electron chi connectivity index (χ0n) is 41.7. The Kier molecular flexibility index (Phi) is 16.4. The van der Waals surface area contributed by atoms with Gasteiger partial charge in [-0.05, 0) is 25.5 Å².